The van der Waals surface area contributed by atoms with Gasteiger partial charge in [-0.05, 0) is 60.6 Å². The number of hydrogen-bond acceptors (Lipinski definition) is 4. The van der Waals surface area contributed by atoms with Crippen molar-refractivity contribution in [2.24, 2.45) is 0 Å². The van der Waals surface area contributed by atoms with Crippen LogP contribution in [0.3, 0.4) is 0 Å². The summed E-state index contributed by atoms with van der Waals surface area (Å²) in [6.45, 7) is -0.121. The molecule has 0 saturated heterocycles. The second-order valence-electron chi connectivity index (χ2n) is 7.71. The SMILES string of the molecule is O=C(Cn1cnc2scc(-c3ccc(F)cc3)c2c1=O)Nc1cccc2c1CCCC2. The lowest BCUT2D eigenvalue weighted by Crippen LogP contribution is -2.28. The lowest BCUT2D eigenvalue weighted by atomic mass is 9.90. The Labute approximate surface area is 182 Å². The number of carbonyl (C=O) groups is 1. The summed E-state index contributed by atoms with van der Waals surface area (Å²) in [7, 11) is 0. The molecule has 0 unspecified atom stereocenters. The Balaban J connectivity index is 1.44. The predicted molar refractivity (Wildman–Crippen MR) is 121 cm³/mol. The Kier molecular flexibility index (Phi) is 5.11. The Bertz CT molecular complexity index is 1340. The maximum absolute atomic E-state index is 13.3. The Morgan fingerprint density at radius 1 is 1.13 bits per heavy atom. The zero-order valence-electron chi connectivity index (χ0n) is 16.7. The number of nitrogens with zero attached hydrogens (tertiary/aromatic N) is 2. The van der Waals surface area contributed by atoms with Crippen LogP contribution in [0.2, 0.25) is 0 Å². The van der Waals surface area contributed by atoms with Gasteiger partial charge in [-0.25, -0.2) is 9.37 Å². The highest BCUT2D eigenvalue weighted by molar-refractivity contribution is 7.17. The normalized spacial score (nSPS) is 13.2. The van der Waals surface area contributed by atoms with E-state index < -0.39 is 0 Å². The second-order valence-corrected chi connectivity index (χ2v) is 8.57. The average molecular weight is 434 g/mol. The number of aromatic nitrogens is 2. The van der Waals surface area contributed by atoms with Crippen LogP contribution >= 0.6 is 11.3 Å². The van der Waals surface area contributed by atoms with Crippen molar-refractivity contribution in [1.29, 1.82) is 0 Å². The van der Waals surface area contributed by atoms with Gasteiger partial charge in [-0.15, -0.1) is 11.3 Å². The van der Waals surface area contributed by atoms with E-state index in [9.17, 15) is 14.0 Å². The highest BCUT2D eigenvalue weighted by Gasteiger charge is 2.17. The molecular weight excluding hydrogens is 413 g/mol. The van der Waals surface area contributed by atoms with E-state index in [2.05, 4.69) is 16.4 Å². The van der Waals surface area contributed by atoms with Crippen LogP contribution in [-0.2, 0) is 24.2 Å². The third kappa shape index (κ3) is 3.77. The van der Waals surface area contributed by atoms with Crippen LogP contribution in [0, 0.1) is 5.82 Å². The number of aryl methyl sites for hydroxylation is 1. The molecule has 2 heterocycles. The number of nitrogens with one attached hydrogen (secondary N) is 1. The molecule has 7 heteroatoms. The van der Waals surface area contributed by atoms with Gasteiger partial charge in [-0.2, -0.15) is 0 Å². The molecule has 2 aromatic carbocycles. The maximum Gasteiger partial charge on any atom is 0.263 e. The highest BCUT2D eigenvalue weighted by Crippen LogP contribution is 2.31. The molecule has 4 aromatic rings. The third-order valence-corrected chi connectivity index (χ3v) is 6.59. The minimum absolute atomic E-state index is 0.121. The Morgan fingerprint density at radius 2 is 1.94 bits per heavy atom. The van der Waals surface area contributed by atoms with E-state index in [0.29, 0.717) is 15.8 Å². The van der Waals surface area contributed by atoms with Crippen LogP contribution in [0.25, 0.3) is 21.3 Å². The number of amides is 1. The lowest BCUT2D eigenvalue weighted by Gasteiger charge is -2.19. The first-order valence-corrected chi connectivity index (χ1v) is 11.1. The molecule has 5 nitrogen and oxygen atoms in total. The molecule has 156 valence electrons. The summed E-state index contributed by atoms with van der Waals surface area (Å²) in [6.07, 6.45) is 5.68. The van der Waals surface area contributed by atoms with Gasteiger partial charge >= 0.3 is 0 Å². The number of carbonyl (C=O) groups excluding carboxylic acids is 1. The molecule has 2 aromatic heterocycles. The highest BCUT2D eigenvalue weighted by atomic mass is 32.1. The van der Waals surface area contributed by atoms with E-state index in [-0.39, 0.29) is 23.8 Å². The number of benzene rings is 2. The quantitative estimate of drug-likeness (QED) is 0.504. The number of rotatable bonds is 4. The number of fused-ring (bicyclic) bond motifs is 2. The molecule has 0 aliphatic heterocycles. The van der Waals surface area contributed by atoms with Gasteiger partial charge in [-0.1, -0.05) is 24.3 Å². The van der Waals surface area contributed by atoms with Gasteiger partial charge in [0.15, 0.2) is 0 Å². The van der Waals surface area contributed by atoms with E-state index in [4.69, 9.17) is 0 Å². The van der Waals surface area contributed by atoms with Crippen LogP contribution in [0.4, 0.5) is 10.1 Å². The summed E-state index contributed by atoms with van der Waals surface area (Å²) in [5, 5.41) is 5.26. The smallest absolute Gasteiger partial charge is 0.263 e. The molecule has 0 fully saturated rings. The van der Waals surface area contributed by atoms with Gasteiger partial charge in [0.2, 0.25) is 5.91 Å². The lowest BCUT2D eigenvalue weighted by molar-refractivity contribution is -0.116. The van der Waals surface area contributed by atoms with Crippen LogP contribution in [0.1, 0.15) is 24.0 Å². The fraction of sp³-hybridized carbons (Fsp3) is 0.208. The number of thiophene rings is 1. The van der Waals surface area contributed by atoms with E-state index >= 15 is 0 Å². The molecule has 0 saturated carbocycles. The number of hydrogen-bond donors (Lipinski definition) is 1. The molecule has 0 spiro atoms. The average Bonchev–Trinajstić information content (AvgIpc) is 3.21. The van der Waals surface area contributed by atoms with Gasteiger partial charge in [0, 0.05) is 16.6 Å². The van der Waals surface area contributed by atoms with E-state index in [1.807, 2.05) is 17.5 Å². The minimum Gasteiger partial charge on any atom is -0.324 e. The topological polar surface area (TPSA) is 64.0 Å². The summed E-state index contributed by atoms with van der Waals surface area (Å²) in [5.74, 6) is -0.598. The van der Waals surface area contributed by atoms with Crippen LogP contribution in [-0.4, -0.2) is 15.5 Å². The maximum atomic E-state index is 13.3. The first-order chi connectivity index (χ1) is 15.1. The van der Waals surface area contributed by atoms with Crippen LogP contribution in [0.5, 0.6) is 0 Å². The number of halogens is 1. The van der Waals surface area contributed by atoms with Crippen LogP contribution in [0.15, 0.2) is 59.0 Å². The van der Waals surface area contributed by atoms with Gasteiger partial charge in [0.05, 0.1) is 11.7 Å². The Morgan fingerprint density at radius 3 is 2.77 bits per heavy atom. The second kappa shape index (κ2) is 8.07. The van der Waals surface area contributed by atoms with Crippen molar-refractivity contribution in [2.75, 3.05) is 5.32 Å². The molecule has 31 heavy (non-hydrogen) atoms. The van der Waals surface area contributed by atoms with Crippen molar-refractivity contribution in [3.8, 4) is 11.1 Å². The summed E-state index contributed by atoms with van der Waals surface area (Å²) in [6, 6.07) is 12.0. The van der Waals surface area contributed by atoms with Gasteiger partial charge in [0.25, 0.3) is 5.56 Å². The number of anilines is 1. The van der Waals surface area contributed by atoms with Crippen molar-refractivity contribution in [3.05, 3.63) is 81.5 Å². The van der Waals surface area contributed by atoms with Crippen LogP contribution < -0.4 is 10.9 Å². The fourth-order valence-corrected chi connectivity index (χ4v) is 5.07. The van der Waals surface area contributed by atoms with Crippen molar-refractivity contribution in [2.45, 2.75) is 32.2 Å². The standard InChI is InChI=1S/C24H20FN3O2S/c25-17-10-8-16(9-11-17)19-13-31-23-22(19)24(30)28(14-26-23)12-21(29)27-20-7-3-5-15-4-1-2-6-18(15)20/h3,5,7-11,13-14H,1-2,4,6,12H2,(H,27,29). The summed E-state index contributed by atoms with van der Waals surface area (Å²) in [4.78, 5) is 30.9. The van der Waals surface area contributed by atoms with Gasteiger partial charge < -0.3 is 5.32 Å². The summed E-state index contributed by atoms with van der Waals surface area (Å²) < 4.78 is 14.6. The van der Waals surface area contributed by atoms with E-state index in [0.717, 1.165) is 30.5 Å². The van der Waals surface area contributed by atoms with Crippen molar-refractivity contribution in [1.82, 2.24) is 9.55 Å². The third-order valence-electron chi connectivity index (χ3n) is 5.70. The Hall–Kier alpha value is -3.32. The van der Waals surface area contributed by atoms with E-state index in [1.165, 1.54) is 51.9 Å². The van der Waals surface area contributed by atoms with E-state index in [1.54, 1.807) is 12.1 Å². The molecular formula is C24H20FN3O2S. The molecule has 1 N–H and O–H groups in total. The summed E-state index contributed by atoms with van der Waals surface area (Å²) >= 11 is 1.35. The monoisotopic (exact) mass is 433 g/mol. The van der Waals surface area contributed by atoms with Gasteiger partial charge in [0.1, 0.15) is 17.2 Å². The molecule has 0 radical (unpaired) electrons. The molecule has 5 rings (SSSR count). The van der Waals surface area contributed by atoms with Crippen molar-refractivity contribution in [3.63, 3.8) is 0 Å². The van der Waals surface area contributed by atoms with Gasteiger partial charge in [-0.3, -0.25) is 14.2 Å². The molecule has 1 aliphatic rings. The zero-order valence-corrected chi connectivity index (χ0v) is 17.5. The van der Waals surface area contributed by atoms with Crippen molar-refractivity contribution < 1.29 is 9.18 Å². The first-order valence-electron chi connectivity index (χ1n) is 10.2. The zero-order chi connectivity index (χ0) is 21.4. The first kappa shape index (κ1) is 19.6. The van der Waals surface area contributed by atoms with Crippen molar-refractivity contribution >= 4 is 33.1 Å². The molecule has 1 amide bonds. The molecule has 1 aliphatic carbocycles. The predicted octanol–water partition coefficient (Wildman–Crippen LogP) is 4.78. The molecule has 0 bridgehead atoms. The largest absolute Gasteiger partial charge is 0.324 e. The fourth-order valence-electron chi connectivity index (χ4n) is 4.16. The minimum atomic E-state index is -0.335. The summed E-state index contributed by atoms with van der Waals surface area (Å²) in [5.41, 5.74) is 4.46. The molecule has 0 atom stereocenters.